The first-order valence-corrected chi connectivity index (χ1v) is 20.5. The first kappa shape index (κ1) is 35.2. The lowest BCUT2D eigenvalue weighted by Gasteiger charge is -2.26. The minimum atomic E-state index is 0.891. The average molecular weight is 766 g/mol. The zero-order valence-corrected chi connectivity index (χ0v) is 32.9. The van der Waals surface area contributed by atoms with Gasteiger partial charge in [-0.05, 0) is 139 Å². The van der Waals surface area contributed by atoms with Gasteiger partial charge >= 0.3 is 0 Å². The minimum absolute atomic E-state index is 0.891. The summed E-state index contributed by atoms with van der Waals surface area (Å²) in [6.07, 6.45) is 0. The van der Waals surface area contributed by atoms with E-state index in [1.165, 1.54) is 49.7 Å². The second-order valence-corrected chi connectivity index (χ2v) is 15.3. The fraction of sp³-hybridized carbons (Fsp3) is 0. The van der Waals surface area contributed by atoms with E-state index in [1.54, 1.807) is 0 Å². The third-order valence-corrected chi connectivity index (χ3v) is 11.6. The molecule has 0 N–H and O–H groups in total. The molecule has 11 aromatic rings. The molecule has 1 heterocycles. The van der Waals surface area contributed by atoms with Crippen LogP contribution in [-0.2, 0) is 0 Å². The number of hydrogen-bond donors (Lipinski definition) is 0. The summed E-state index contributed by atoms with van der Waals surface area (Å²) in [5, 5.41) is 4.74. The van der Waals surface area contributed by atoms with Crippen molar-refractivity contribution in [2.75, 3.05) is 4.90 Å². The fourth-order valence-corrected chi connectivity index (χ4v) is 8.64. The normalized spacial score (nSPS) is 11.3. The SMILES string of the molecule is c1ccc(-c2cc(-c3ccccc3)cc(-c3ccc(N(c4ccc(-c5ccc6ccccc6c5)cc4)c4cccc(-c5cccc6oc7ccccc7c56)c4)cc3)c2)cc1. The highest BCUT2D eigenvalue weighted by molar-refractivity contribution is 6.12. The molecule has 0 bridgehead atoms. The second-order valence-electron chi connectivity index (χ2n) is 15.3. The van der Waals surface area contributed by atoms with Crippen LogP contribution in [0, 0.1) is 0 Å². The molecular weight excluding hydrogens is 727 g/mol. The Balaban J connectivity index is 1.02. The summed E-state index contributed by atoms with van der Waals surface area (Å²) in [6.45, 7) is 0. The molecule has 0 saturated heterocycles. The van der Waals surface area contributed by atoms with E-state index in [1.807, 2.05) is 12.1 Å². The van der Waals surface area contributed by atoms with Crippen molar-refractivity contribution in [2.45, 2.75) is 0 Å². The molecule has 10 aromatic carbocycles. The van der Waals surface area contributed by atoms with Gasteiger partial charge in [-0.2, -0.15) is 0 Å². The zero-order valence-electron chi connectivity index (χ0n) is 32.9. The van der Waals surface area contributed by atoms with Gasteiger partial charge in [-0.25, -0.2) is 0 Å². The highest BCUT2D eigenvalue weighted by atomic mass is 16.3. The van der Waals surface area contributed by atoms with Crippen LogP contribution in [0.15, 0.2) is 241 Å². The fourth-order valence-electron chi connectivity index (χ4n) is 8.64. The van der Waals surface area contributed by atoms with Crippen LogP contribution in [0.3, 0.4) is 0 Å². The molecule has 0 unspecified atom stereocenters. The highest BCUT2D eigenvalue weighted by Crippen LogP contribution is 2.42. The van der Waals surface area contributed by atoms with Gasteiger partial charge in [-0.3, -0.25) is 0 Å². The van der Waals surface area contributed by atoms with Gasteiger partial charge in [0.05, 0.1) is 0 Å². The van der Waals surface area contributed by atoms with E-state index >= 15 is 0 Å². The average Bonchev–Trinajstić information content (AvgIpc) is 3.72. The third-order valence-electron chi connectivity index (χ3n) is 11.6. The van der Waals surface area contributed by atoms with Gasteiger partial charge in [-0.1, -0.05) is 164 Å². The monoisotopic (exact) mass is 765 g/mol. The molecule has 11 rings (SSSR count). The number of para-hydroxylation sites is 1. The van der Waals surface area contributed by atoms with Gasteiger partial charge < -0.3 is 9.32 Å². The molecule has 0 fully saturated rings. The van der Waals surface area contributed by atoms with Crippen molar-refractivity contribution in [1.82, 2.24) is 0 Å². The van der Waals surface area contributed by atoms with E-state index in [0.717, 1.165) is 55.7 Å². The van der Waals surface area contributed by atoms with Gasteiger partial charge in [0.25, 0.3) is 0 Å². The Morgan fingerprint density at radius 3 is 1.43 bits per heavy atom. The summed E-state index contributed by atoms with van der Waals surface area (Å²) in [5.41, 5.74) is 16.8. The summed E-state index contributed by atoms with van der Waals surface area (Å²) < 4.78 is 6.30. The van der Waals surface area contributed by atoms with Crippen LogP contribution >= 0.6 is 0 Å². The Morgan fingerprint density at radius 1 is 0.267 bits per heavy atom. The number of nitrogens with zero attached hydrogens (tertiary/aromatic N) is 1. The van der Waals surface area contributed by atoms with E-state index in [2.05, 4.69) is 229 Å². The van der Waals surface area contributed by atoms with Crippen molar-refractivity contribution in [1.29, 1.82) is 0 Å². The maximum absolute atomic E-state index is 6.30. The standard InChI is InChI=1S/C58H39NO/c1-3-13-40(14-4-1)48-36-49(41-15-5-2-6-16-41)38-50(37-48)44-29-33-52(34-30-44)59(51-31-27-43(28-32-51)46-26-25-42-17-7-8-18-45(42)35-46)53-20-11-19-47(39-53)54-22-12-24-57-58(54)55-21-9-10-23-56(55)60-57/h1-39H. The Labute approximate surface area is 349 Å². The minimum Gasteiger partial charge on any atom is -0.456 e. The van der Waals surface area contributed by atoms with Crippen molar-refractivity contribution in [3.8, 4) is 55.6 Å². The lowest BCUT2D eigenvalue weighted by atomic mass is 9.93. The number of furan rings is 1. The number of rotatable bonds is 8. The lowest BCUT2D eigenvalue weighted by molar-refractivity contribution is 0.669. The lowest BCUT2D eigenvalue weighted by Crippen LogP contribution is -2.10. The van der Waals surface area contributed by atoms with Gasteiger partial charge in [0.15, 0.2) is 0 Å². The smallest absolute Gasteiger partial charge is 0.136 e. The quantitative estimate of drug-likeness (QED) is 0.153. The van der Waals surface area contributed by atoms with Crippen molar-refractivity contribution >= 4 is 49.8 Å². The molecule has 2 heteroatoms. The van der Waals surface area contributed by atoms with Crippen LogP contribution in [0.25, 0.3) is 88.3 Å². The molecular formula is C58H39NO. The maximum Gasteiger partial charge on any atom is 0.136 e. The number of hydrogen-bond acceptors (Lipinski definition) is 2. The number of anilines is 3. The molecule has 0 radical (unpaired) electrons. The van der Waals surface area contributed by atoms with Crippen LogP contribution in [0.4, 0.5) is 17.1 Å². The van der Waals surface area contributed by atoms with Crippen molar-refractivity contribution in [3.05, 3.63) is 237 Å². The van der Waals surface area contributed by atoms with Gasteiger partial charge in [0.2, 0.25) is 0 Å². The van der Waals surface area contributed by atoms with Crippen LogP contribution < -0.4 is 4.90 Å². The molecule has 0 saturated carbocycles. The van der Waals surface area contributed by atoms with Gasteiger partial charge in [-0.15, -0.1) is 0 Å². The first-order chi connectivity index (χ1) is 29.7. The van der Waals surface area contributed by atoms with Crippen molar-refractivity contribution in [2.24, 2.45) is 0 Å². The van der Waals surface area contributed by atoms with Crippen LogP contribution in [0.1, 0.15) is 0 Å². The third kappa shape index (κ3) is 6.61. The zero-order chi connectivity index (χ0) is 39.8. The van der Waals surface area contributed by atoms with Gasteiger partial charge in [0.1, 0.15) is 11.2 Å². The summed E-state index contributed by atoms with van der Waals surface area (Å²) in [5.74, 6) is 0. The Kier molecular flexibility index (Phi) is 8.87. The molecule has 0 amide bonds. The topological polar surface area (TPSA) is 16.4 Å². The summed E-state index contributed by atoms with van der Waals surface area (Å²) in [7, 11) is 0. The molecule has 0 spiro atoms. The Morgan fingerprint density at radius 2 is 0.767 bits per heavy atom. The summed E-state index contributed by atoms with van der Waals surface area (Å²) >= 11 is 0. The highest BCUT2D eigenvalue weighted by Gasteiger charge is 2.17. The predicted octanol–water partition coefficient (Wildman–Crippen LogP) is 16.5. The van der Waals surface area contributed by atoms with E-state index in [-0.39, 0.29) is 0 Å². The van der Waals surface area contributed by atoms with Crippen LogP contribution in [-0.4, -0.2) is 0 Å². The summed E-state index contributed by atoms with van der Waals surface area (Å²) in [4.78, 5) is 2.36. The molecule has 0 aliphatic heterocycles. The van der Waals surface area contributed by atoms with E-state index in [0.29, 0.717) is 0 Å². The molecule has 0 aliphatic carbocycles. The first-order valence-electron chi connectivity index (χ1n) is 20.5. The van der Waals surface area contributed by atoms with Crippen LogP contribution in [0.2, 0.25) is 0 Å². The molecule has 0 aliphatic rings. The molecule has 282 valence electrons. The van der Waals surface area contributed by atoms with E-state index < -0.39 is 0 Å². The molecule has 0 atom stereocenters. The molecule has 1 aromatic heterocycles. The van der Waals surface area contributed by atoms with E-state index in [9.17, 15) is 0 Å². The van der Waals surface area contributed by atoms with Crippen LogP contribution in [0.5, 0.6) is 0 Å². The molecule has 60 heavy (non-hydrogen) atoms. The second kappa shape index (κ2) is 15.1. The molecule has 2 nitrogen and oxygen atoms in total. The largest absolute Gasteiger partial charge is 0.456 e. The number of fused-ring (bicyclic) bond motifs is 4. The Bertz CT molecular complexity index is 3230. The number of benzene rings is 10. The van der Waals surface area contributed by atoms with E-state index in [4.69, 9.17) is 4.42 Å². The maximum atomic E-state index is 6.30. The Hall–Kier alpha value is -7.94. The van der Waals surface area contributed by atoms with Crippen molar-refractivity contribution < 1.29 is 4.42 Å². The predicted molar refractivity (Wildman–Crippen MR) is 253 cm³/mol. The summed E-state index contributed by atoms with van der Waals surface area (Å²) in [6, 6.07) is 85.0. The van der Waals surface area contributed by atoms with Crippen molar-refractivity contribution in [3.63, 3.8) is 0 Å². The van der Waals surface area contributed by atoms with Gasteiger partial charge in [0, 0.05) is 27.8 Å².